The molecule has 190 valence electrons. The Labute approximate surface area is 204 Å². The molecule has 3 aromatic rings. The molecule has 3 heterocycles. The van der Waals surface area contributed by atoms with Crippen molar-refractivity contribution in [3.05, 3.63) is 53.2 Å². The monoisotopic (exact) mass is 522 g/mol. The van der Waals surface area contributed by atoms with Crippen molar-refractivity contribution in [1.82, 2.24) is 19.9 Å². The molecule has 1 aromatic carbocycles. The standard InChI is InChI=1S/C21H21F3N8O3S/c1-3-36(34,35)32-17-11(2)27-10-28-15(17)9-25-19-13(21(22,23)24)8-26-20(31-19)29-14-6-4-5-12-7-16(33)30-18(12)14/h4-6,8,10,32H,3,7,9H2,1-2H3,(H,30,33)(H2,25,26,29,31). The third-order valence-corrected chi connectivity index (χ3v) is 6.56. The van der Waals surface area contributed by atoms with Crippen LogP contribution < -0.4 is 20.7 Å². The Bertz CT molecular complexity index is 1430. The lowest BCUT2D eigenvalue weighted by Gasteiger charge is -2.17. The van der Waals surface area contributed by atoms with Gasteiger partial charge in [-0.3, -0.25) is 9.52 Å². The van der Waals surface area contributed by atoms with E-state index in [1.165, 1.54) is 13.3 Å². The van der Waals surface area contributed by atoms with Gasteiger partial charge in [-0.05, 0) is 25.5 Å². The molecule has 0 bridgehead atoms. The number of benzene rings is 1. The number of carbonyl (C=O) groups excluding carboxylic acids is 1. The molecule has 0 aliphatic carbocycles. The zero-order valence-electron chi connectivity index (χ0n) is 19.1. The van der Waals surface area contributed by atoms with E-state index >= 15 is 0 Å². The van der Waals surface area contributed by atoms with Gasteiger partial charge in [0.15, 0.2) is 0 Å². The second-order valence-corrected chi connectivity index (χ2v) is 9.79. The van der Waals surface area contributed by atoms with E-state index < -0.39 is 27.6 Å². The van der Waals surface area contributed by atoms with Crippen molar-refractivity contribution < 1.29 is 26.4 Å². The molecule has 11 nitrogen and oxygen atoms in total. The normalized spacial score (nSPS) is 13.2. The molecule has 36 heavy (non-hydrogen) atoms. The van der Waals surface area contributed by atoms with Crippen LogP contribution in [-0.2, 0) is 34.0 Å². The van der Waals surface area contributed by atoms with E-state index in [0.717, 1.165) is 5.56 Å². The van der Waals surface area contributed by atoms with Crippen molar-refractivity contribution >= 4 is 44.8 Å². The van der Waals surface area contributed by atoms with Crippen molar-refractivity contribution in [2.24, 2.45) is 0 Å². The lowest BCUT2D eigenvalue weighted by Crippen LogP contribution is -2.19. The first-order valence-corrected chi connectivity index (χ1v) is 12.3. The number of amides is 1. The van der Waals surface area contributed by atoms with Crippen LogP contribution in [-0.4, -0.2) is 40.0 Å². The van der Waals surface area contributed by atoms with Crippen molar-refractivity contribution in [2.45, 2.75) is 33.0 Å². The number of nitrogens with zero attached hydrogens (tertiary/aromatic N) is 4. The average molecular weight is 523 g/mol. The summed E-state index contributed by atoms with van der Waals surface area (Å²) in [5.74, 6) is -1.11. The van der Waals surface area contributed by atoms with Gasteiger partial charge in [0.05, 0.1) is 47.2 Å². The predicted molar refractivity (Wildman–Crippen MR) is 126 cm³/mol. The van der Waals surface area contributed by atoms with Crippen LogP contribution in [0.5, 0.6) is 0 Å². The third-order valence-electron chi connectivity index (χ3n) is 5.28. The van der Waals surface area contributed by atoms with Crippen LogP contribution in [0.2, 0.25) is 0 Å². The van der Waals surface area contributed by atoms with Gasteiger partial charge in [-0.15, -0.1) is 0 Å². The smallest absolute Gasteiger partial charge is 0.364 e. The number of nitrogens with one attached hydrogen (secondary N) is 4. The highest BCUT2D eigenvalue weighted by molar-refractivity contribution is 7.92. The van der Waals surface area contributed by atoms with Crippen molar-refractivity contribution in [1.29, 1.82) is 0 Å². The fourth-order valence-corrected chi connectivity index (χ4v) is 4.17. The molecule has 2 aromatic heterocycles. The molecule has 4 rings (SSSR count). The summed E-state index contributed by atoms with van der Waals surface area (Å²) in [7, 11) is -3.69. The van der Waals surface area contributed by atoms with Crippen LogP contribution in [0.1, 0.15) is 29.4 Å². The number of carbonyl (C=O) groups is 1. The van der Waals surface area contributed by atoms with Crippen LogP contribution in [0.25, 0.3) is 0 Å². The summed E-state index contributed by atoms with van der Waals surface area (Å²) < 4.78 is 67.5. The summed E-state index contributed by atoms with van der Waals surface area (Å²) in [5, 5.41) is 8.12. The molecule has 0 saturated heterocycles. The number of aromatic nitrogens is 4. The molecule has 0 unspecified atom stereocenters. The van der Waals surface area contributed by atoms with Crippen molar-refractivity contribution in [3.63, 3.8) is 0 Å². The molecular weight excluding hydrogens is 501 g/mol. The zero-order valence-corrected chi connectivity index (χ0v) is 19.9. The highest BCUT2D eigenvalue weighted by Crippen LogP contribution is 2.36. The van der Waals surface area contributed by atoms with E-state index in [1.54, 1.807) is 25.1 Å². The summed E-state index contributed by atoms with van der Waals surface area (Å²) in [6, 6.07) is 5.09. The van der Waals surface area contributed by atoms with Gasteiger partial charge in [0.2, 0.25) is 21.9 Å². The Hall–Kier alpha value is -4.01. The number of alkyl halides is 3. The van der Waals surface area contributed by atoms with Gasteiger partial charge in [-0.1, -0.05) is 12.1 Å². The fourth-order valence-electron chi connectivity index (χ4n) is 3.45. The highest BCUT2D eigenvalue weighted by atomic mass is 32.2. The molecule has 0 atom stereocenters. The minimum atomic E-state index is -4.77. The SMILES string of the molecule is CCS(=O)(=O)Nc1c(C)ncnc1CNc1nc(Nc2cccc3c2NC(=O)C3)ncc1C(F)(F)F. The number of aryl methyl sites for hydroxylation is 1. The summed E-state index contributed by atoms with van der Waals surface area (Å²) in [4.78, 5) is 27.5. The molecule has 1 aliphatic heterocycles. The number of sulfonamides is 1. The van der Waals surface area contributed by atoms with Crippen LogP contribution >= 0.6 is 0 Å². The fraction of sp³-hybridized carbons (Fsp3) is 0.286. The first-order chi connectivity index (χ1) is 17.0. The van der Waals surface area contributed by atoms with E-state index in [0.29, 0.717) is 23.3 Å². The third kappa shape index (κ3) is 5.45. The molecule has 15 heteroatoms. The quantitative estimate of drug-likeness (QED) is 0.350. The van der Waals surface area contributed by atoms with Crippen LogP contribution in [0.15, 0.2) is 30.7 Å². The van der Waals surface area contributed by atoms with Crippen LogP contribution in [0.3, 0.4) is 0 Å². The number of rotatable bonds is 8. The lowest BCUT2D eigenvalue weighted by atomic mass is 10.1. The molecular formula is C21H21F3N8O3S. The number of fused-ring (bicyclic) bond motifs is 1. The minimum absolute atomic E-state index is 0.0726. The van der Waals surface area contributed by atoms with E-state index in [9.17, 15) is 26.4 Å². The summed E-state index contributed by atoms with van der Waals surface area (Å²) in [5.41, 5.74) is 1.04. The van der Waals surface area contributed by atoms with E-state index in [-0.39, 0.29) is 42.0 Å². The van der Waals surface area contributed by atoms with Gasteiger partial charge >= 0.3 is 6.18 Å². The topological polar surface area (TPSA) is 151 Å². The largest absolute Gasteiger partial charge is 0.421 e. The maximum atomic E-state index is 13.7. The molecule has 0 saturated carbocycles. The summed E-state index contributed by atoms with van der Waals surface area (Å²) in [6.07, 6.45) is -2.77. The molecule has 0 radical (unpaired) electrons. The van der Waals surface area contributed by atoms with Gasteiger partial charge in [-0.25, -0.2) is 23.4 Å². The van der Waals surface area contributed by atoms with E-state index in [4.69, 9.17) is 0 Å². The number of halogens is 3. The lowest BCUT2D eigenvalue weighted by molar-refractivity contribution is -0.137. The highest BCUT2D eigenvalue weighted by Gasteiger charge is 2.35. The van der Waals surface area contributed by atoms with Gasteiger partial charge in [-0.2, -0.15) is 18.2 Å². The molecule has 0 spiro atoms. The maximum absolute atomic E-state index is 13.7. The first kappa shape index (κ1) is 25.1. The molecule has 0 fully saturated rings. The Morgan fingerprint density at radius 1 is 1.17 bits per heavy atom. The summed E-state index contributed by atoms with van der Waals surface area (Å²) in [6.45, 7) is 2.70. The van der Waals surface area contributed by atoms with Gasteiger partial charge < -0.3 is 16.0 Å². The van der Waals surface area contributed by atoms with Gasteiger partial charge in [0.25, 0.3) is 0 Å². The molecule has 1 aliphatic rings. The summed E-state index contributed by atoms with van der Waals surface area (Å²) >= 11 is 0. The number of hydrogen-bond donors (Lipinski definition) is 4. The minimum Gasteiger partial charge on any atom is -0.364 e. The maximum Gasteiger partial charge on any atom is 0.421 e. The Balaban J connectivity index is 1.64. The zero-order chi connectivity index (χ0) is 26.1. The number of para-hydroxylation sites is 1. The predicted octanol–water partition coefficient (Wildman–Crippen LogP) is 3.21. The average Bonchev–Trinajstić information content (AvgIpc) is 3.20. The second-order valence-electron chi connectivity index (χ2n) is 7.78. The van der Waals surface area contributed by atoms with Crippen LogP contribution in [0.4, 0.5) is 42.0 Å². The van der Waals surface area contributed by atoms with Crippen LogP contribution in [0, 0.1) is 6.92 Å². The van der Waals surface area contributed by atoms with Gasteiger partial charge in [0.1, 0.15) is 17.7 Å². The van der Waals surface area contributed by atoms with Crippen molar-refractivity contribution in [2.75, 3.05) is 26.4 Å². The van der Waals surface area contributed by atoms with Crippen molar-refractivity contribution in [3.8, 4) is 0 Å². The number of hydrogen-bond acceptors (Lipinski definition) is 9. The Morgan fingerprint density at radius 3 is 2.67 bits per heavy atom. The second kappa shape index (κ2) is 9.56. The Morgan fingerprint density at radius 2 is 1.94 bits per heavy atom. The number of anilines is 5. The van der Waals surface area contributed by atoms with Gasteiger partial charge in [0, 0.05) is 6.20 Å². The molecule has 4 N–H and O–H groups in total. The van der Waals surface area contributed by atoms with E-state index in [1.807, 2.05) is 0 Å². The molecule has 1 amide bonds. The Kier molecular flexibility index (Phi) is 6.67. The van der Waals surface area contributed by atoms with E-state index in [2.05, 4.69) is 40.6 Å². The first-order valence-electron chi connectivity index (χ1n) is 10.6.